The number of carbonyl (C=O) groups excluding carboxylic acids is 1. The van der Waals surface area contributed by atoms with Crippen molar-refractivity contribution < 1.29 is 9.72 Å². The molecule has 0 saturated carbocycles. The largest absolute Gasteiger partial charge is 0.334 e. The zero-order chi connectivity index (χ0) is 17.8. The molecular weight excluding hydrogens is 336 g/mol. The fraction of sp³-hybridized carbons (Fsp3) is 0.211. The average molecular weight is 354 g/mol. The third-order valence-corrected chi connectivity index (χ3v) is 5.00. The van der Waals surface area contributed by atoms with Crippen molar-refractivity contribution in [3.8, 4) is 0 Å². The smallest absolute Gasteiger partial charge is 0.282 e. The van der Waals surface area contributed by atoms with Gasteiger partial charge in [0, 0.05) is 24.1 Å². The Labute approximate surface area is 150 Å². The summed E-state index contributed by atoms with van der Waals surface area (Å²) in [7, 11) is 0. The molecule has 3 rings (SSSR count). The first-order valence-corrected chi connectivity index (χ1v) is 9.19. The second-order valence-corrected chi connectivity index (χ2v) is 6.62. The Balaban J connectivity index is 1.83. The molecule has 0 saturated heterocycles. The number of nitro benzene ring substituents is 1. The van der Waals surface area contributed by atoms with Gasteiger partial charge in [-0.25, -0.2) is 0 Å². The molecule has 25 heavy (non-hydrogen) atoms. The first kappa shape index (κ1) is 17.2. The lowest BCUT2D eigenvalue weighted by atomic mass is 9.99. The van der Waals surface area contributed by atoms with Crippen LogP contribution in [0.25, 0.3) is 5.57 Å². The molecule has 0 radical (unpaired) electrons. The Bertz CT molecular complexity index is 834. The van der Waals surface area contributed by atoms with Crippen molar-refractivity contribution >= 4 is 28.9 Å². The van der Waals surface area contributed by atoms with Crippen molar-refractivity contribution in [2.75, 3.05) is 19.3 Å². The van der Waals surface area contributed by atoms with Crippen LogP contribution in [0, 0.1) is 10.1 Å². The van der Waals surface area contributed by atoms with Crippen LogP contribution >= 0.6 is 11.8 Å². The van der Waals surface area contributed by atoms with Gasteiger partial charge in [-0.2, -0.15) is 0 Å². The quantitative estimate of drug-likeness (QED) is 0.468. The fourth-order valence-corrected chi connectivity index (χ4v) is 3.35. The lowest BCUT2D eigenvalue weighted by Gasteiger charge is -2.26. The number of nitrogens with zero attached hydrogens (tertiary/aromatic N) is 2. The lowest BCUT2D eigenvalue weighted by Crippen LogP contribution is -2.35. The Kier molecular flexibility index (Phi) is 5.19. The van der Waals surface area contributed by atoms with E-state index in [0.717, 1.165) is 16.9 Å². The van der Waals surface area contributed by atoms with Crippen LogP contribution in [-0.2, 0) is 0 Å². The van der Waals surface area contributed by atoms with Crippen LogP contribution < -0.4 is 0 Å². The van der Waals surface area contributed by atoms with Gasteiger partial charge in [0.1, 0.15) is 5.56 Å². The Morgan fingerprint density at radius 1 is 1.20 bits per heavy atom. The van der Waals surface area contributed by atoms with Gasteiger partial charge in [0.05, 0.1) is 4.92 Å². The molecule has 1 amide bonds. The summed E-state index contributed by atoms with van der Waals surface area (Å²) in [5, 5.41) is 11.3. The van der Waals surface area contributed by atoms with Crippen LogP contribution in [0.15, 0.2) is 59.5 Å². The highest BCUT2D eigenvalue weighted by molar-refractivity contribution is 7.98. The van der Waals surface area contributed by atoms with Gasteiger partial charge in [-0.05, 0) is 35.9 Å². The molecule has 6 heteroatoms. The minimum Gasteiger partial charge on any atom is -0.334 e. The van der Waals surface area contributed by atoms with E-state index in [4.69, 9.17) is 0 Å². The maximum atomic E-state index is 12.8. The van der Waals surface area contributed by atoms with Crippen molar-refractivity contribution in [3.63, 3.8) is 0 Å². The van der Waals surface area contributed by atoms with Crippen LogP contribution in [0.2, 0.25) is 0 Å². The minimum atomic E-state index is -0.494. The van der Waals surface area contributed by atoms with Crippen LogP contribution in [0.4, 0.5) is 5.69 Å². The van der Waals surface area contributed by atoms with E-state index in [1.54, 1.807) is 17.0 Å². The van der Waals surface area contributed by atoms with E-state index in [-0.39, 0.29) is 17.2 Å². The van der Waals surface area contributed by atoms with Crippen LogP contribution in [0.5, 0.6) is 0 Å². The van der Waals surface area contributed by atoms with Gasteiger partial charge in [0.15, 0.2) is 0 Å². The van der Waals surface area contributed by atoms with E-state index in [0.29, 0.717) is 13.1 Å². The highest BCUT2D eigenvalue weighted by Gasteiger charge is 2.26. The molecule has 0 aliphatic carbocycles. The van der Waals surface area contributed by atoms with Gasteiger partial charge in [0.25, 0.3) is 11.6 Å². The molecule has 2 aromatic rings. The topological polar surface area (TPSA) is 63.5 Å². The van der Waals surface area contributed by atoms with Crippen LogP contribution in [-0.4, -0.2) is 35.1 Å². The zero-order valence-electron chi connectivity index (χ0n) is 13.8. The number of amides is 1. The van der Waals surface area contributed by atoms with Gasteiger partial charge < -0.3 is 4.90 Å². The predicted octanol–water partition coefficient (Wildman–Crippen LogP) is 4.25. The molecule has 5 nitrogen and oxygen atoms in total. The summed E-state index contributed by atoms with van der Waals surface area (Å²) in [5.74, 6) is -0.286. The van der Waals surface area contributed by atoms with Crippen molar-refractivity contribution in [1.29, 1.82) is 0 Å². The zero-order valence-corrected chi connectivity index (χ0v) is 14.7. The third kappa shape index (κ3) is 3.74. The number of carbonyl (C=O) groups is 1. The third-order valence-electron chi connectivity index (χ3n) is 4.27. The van der Waals surface area contributed by atoms with Crippen LogP contribution in [0.1, 0.15) is 22.3 Å². The number of hydrogen-bond donors (Lipinski definition) is 0. The number of thioether (sulfide) groups is 1. The molecule has 128 valence electrons. The van der Waals surface area contributed by atoms with Gasteiger partial charge >= 0.3 is 0 Å². The molecule has 0 atom stereocenters. The van der Waals surface area contributed by atoms with E-state index in [1.807, 2.05) is 30.5 Å². The highest BCUT2D eigenvalue weighted by atomic mass is 32.2. The fourth-order valence-electron chi connectivity index (χ4n) is 2.91. The SMILES string of the molecule is CSc1ccc([N+](=O)[O-])c(C(=O)N2CC=C(c3ccccc3)CC2)c1. The molecule has 1 heterocycles. The molecule has 0 N–H and O–H groups in total. The van der Waals surface area contributed by atoms with Crippen molar-refractivity contribution in [3.05, 3.63) is 75.8 Å². The first-order valence-electron chi connectivity index (χ1n) is 7.96. The monoisotopic (exact) mass is 354 g/mol. The molecular formula is C19H18N2O3S. The van der Waals surface area contributed by atoms with Gasteiger partial charge in [-0.15, -0.1) is 11.8 Å². The standard InChI is InChI=1S/C19H18N2O3S/c1-25-16-7-8-18(21(23)24)17(13-16)19(22)20-11-9-15(10-12-20)14-5-3-2-4-6-14/h2-9,13H,10-12H2,1H3. The summed E-state index contributed by atoms with van der Waals surface area (Å²) in [6.07, 6.45) is 4.65. The maximum Gasteiger partial charge on any atom is 0.282 e. The maximum absolute atomic E-state index is 12.8. The Hall–Kier alpha value is -2.60. The van der Waals surface area contributed by atoms with Crippen molar-refractivity contribution in [1.82, 2.24) is 4.90 Å². The van der Waals surface area contributed by atoms with Crippen molar-refractivity contribution in [2.24, 2.45) is 0 Å². The Morgan fingerprint density at radius 2 is 1.96 bits per heavy atom. The van der Waals surface area contributed by atoms with Gasteiger partial charge in [0.2, 0.25) is 0 Å². The molecule has 0 bridgehead atoms. The summed E-state index contributed by atoms with van der Waals surface area (Å²) in [5.41, 5.74) is 2.39. The first-order chi connectivity index (χ1) is 12.1. The minimum absolute atomic E-state index is 0.138. The molecule has 0 spiro atoms. The summed E-state index contributed by atoms with van der Waals surface area (Å²) in [4.78, 5) is 26.1. The summed E-state index contributed by atoms with van der Waals surface area (Å²) >= 11 is 1.46. The predicted molar refractivity (Wildman–Crippen MR) is 99.8 cm³/mol. The molecule has 2 aromatic carbocycles. The van der Waals surface area contributed by atoms with Gasteiger partial charge in [-0.1, -0.05) is 36.4 Å². The number of benzene rings is 2. The summed E-state index contributed by atoms with van der Waals surface area (Å²) in [6.45, 7) is 1.02. The molecule has 0 fully saturated rings. The van der Waals surface area contributed by atoms with E-state index in [9.17, 15) is 14.9 Å². The van der Waals surface area contributed by atoms with E-state index >= 15 is 0 Å². The average Bonchev–Trinajstić information content (AvgIpc) is 2.67. The number of hydrogen-bond acceptors (Lipinski definition) is 4. The number of nitro groups is 1. The van der Waals surface area contributed by atoms with Crippen LogP contribution in [0.3, 0.4) is 0 Å². The normalized spacial score (nSPS) is 14.1. The lowest BCUT2D eigenvalue weighted by molar-refractivity contribution is -0.385. The molecule has 1 aliphatic heterocycles. The second-order valence-electron chi connectivity index (χ2n) is 5.74. The van der Waals surface area contributed by atoms with E-state index in [2.05, 4.69) is 12.1 Å². The second kappa shape index (κ2) is 7.53. The molecule has 0 unspecified atom stereocenters. The molecule has 0 aromatic heterocycles. The van der Waals surface area contributed by atoms with E-state index < -0.39 is 4.92 Å². The number of rotatable bonds is 4. The van der Waals surface area contributed by atoms with Gasteiger partial charge in [-0.3, -0.25) is 14.9 Å². The highest BCUT2D eigenvalue weighted by Crippen LogP contribution is 2.28. The summed E-state index contributed by atoms with van der Waals surface area (Å²) in [6, 6.07) is 14.8. The summed E-state index contributed by atoms with van der Waals surface area (Å²) < 4.78 is 0. The van der Waals surface area contributed by atoms with Crippen molar-refractivity contribution in [2.45, 2.75) is 11.3 Å². The molecule has 1 aliphatic rings. The Morgan fingerprint density at radius 3 is 2.56 bits per heavy atom. The van der Waals surface area contributed by atoms with E-state index in [1.165, 1.54) is 23.4 Å².